The Morgan fingerprint density at radius 1 is 1.64 bits per heavy atom. The van der Waals surface area contributed by atoms with Crippen molar-refractivity contribution in [1.82, 2.24) is 5.32 Å². The summed E-state index contributed by atoms with van der Waals surface area (Å²) in [7, 11) is 0. The van der Waals surface area contributed by atoms with E-state index in [-0.39, 0.29) is 19.8 Å². The molecular weight excluding hydrogens is 150 g/mol. The van der Waals surface area contributed by atoms with E-state index in [2.05, 4.69) is 21.4 Å². The quantitative estimate of drug-likeness (QED) is 0.266. The standard InChI is InChI=1S/C6H9NO4/c1-2-3-11-6(9)7-4-10-5-8/h2,5H,1,3-4H2,(H,7,9). The van der Waals surface area contributed by atoms with Crippen LogP contribution >= 0.6 is 0 Å². The van der Waals surface area contributed by atoms with Crippen LogP contribution in [-0.2, 0) is 14.3 Å². The molecule has 5 heteroatoms. The highest BCUT2D eigenvalue weighted by atomic mass is 16.6. The van der Waals surface area contributed by atoms with Gasteiger partial charge in [0.05, 0.1) is 0 Å². The summed E-state index contributed by atoms with van der Waals surface area (Å²) in [5.74, 6) is 0. The van der Waals surface area contributed by atoms with Gasteiger partial charge in [-0.2, -0.15) is 0 Å². The van der Waals surface area contributed by atoms with Crippen LogP contribution in [-0.4, -0.2) is 25.9 Å². The molecule has 0 saturated carbocycles. The minimum Gasteiger partial charge on any atom is -0.446 e. The molecule has 0 fully saturated rings. The molecule has 11 heavy (non-hydrogen) atoms. The van der Waals surface area contributed by atoms with E-state index in [0.717, 1.165) is 0 Å². The summed E-state index contributed by atoms with van der Waals surface area (Å²) in [4.78, 5) is 20.1. The van der Waals surface area contributed by atoms with Crippen LogP contribution in [0.4, 0.5) is 4.79 Å². The smallest absolute Gasteiger partial charge is 0.410 e. The van der Waals surface area contributed by atoms with Gasteiger partial charge in [-0.05, 0) is 0 Å². The largest absolute Gasteiger partial charge is 0.446 e. The Labute approximate surface area is 64.0 Å². The molecule has 0 aromatic heterocycles. The topological polar surface area (TPSA) is 64.6 Å². The van der Waals surface area contributed by atoms with Crippen molar-refractivity contribution in [3.05, 3.63) is 12.7 Å². The number of amides is 1. The molecule has 0 atom stereocenters. The molecule has 0 unspecified atom stereocenters. The van der Waals surface area contributed by atoms with Crippen molar-refractivity contribution in [2.45, 2.75) is 0 Å². The average molecular weight is 159 g/mol. The van der Waals surface area contributed by atoms with Crippen LogP contribution in [0.15, 0.2) is 12.7 Å². The zero-order chi connectivity index (χ0) is 8.53. The maximum atomic E-state index is 10.5. The molecule has 1 N–H and O–H groups in total. The Kier molecular flexibility index (Phi) is 5.69. The van der Waals surface area contributed by atoms with Crippen molar-refractivity contribution < 1.29 is 19.1 Å². The molecule has 62 valence electrons. The summed E-state index contributed by atoms with van der Waals surface area (Å²) in [6.07, 6.45) is 0.784. The van der Waals surface area contributed by atoms with Gasteiger partial charge in [0.1, 0.15) is 6.61 Å². The van der Waals surface area contributed by atoms with Crippen LogP contribution in [0.1, 0.15) is 0 Å². The molecule has 0 aromatic rings. The summed E-state index contributed by atoms with van der Waals surface area (Å²) < 4.78 is 8.64. The van der Waals surface area contributed by atoms with Gasteiger partial charge in [-0.25, -0.2) is 4.79 Å². The lowest BCUT2D eigenvalue weighted by Gasteiger charge is -2.02. The second-order valence-electron chi connectivity index (χ2n) is 1.47. The van der Waals surface area contributed by atoms with Gasteiger partial charge in [0, 0.05) is 0 Å². The van der Waals surface area contributed by atoms with E-state index in [1.807, 2.05) is 0 Å². The second-order valence-corrected chi connectivity index (χ2v) is 1.47. The van der Waals surface area contributed by atoms with Crippen molar-refractivity contribution in [3.8, 4) is 0 Å². The maximum absolute atomic E-state index is 10.5. The monoisotopic (exact) mass is 159 g/mol. The number of ether oxygens (including phenoxy) is 2. The highest BCUT2D eigenvalue weighted by Gasteiger charge is 1.96. The summed E-state index contributed by atoms with van der Waals surface area (Å²) >= 11 is 0. The third-order valence-electron chi connectivity index (χ3n) is 0.700. The molecular formula is C6H9NO4. The summed E-state index contributed by atoms with van der Waals surface area (Å²) in [6, 6.07) is 0. The third-order valence-corrected chi connectivity index (χ3v) is 0.700. The molecule has 0 heterocycles. The lowest BCUT2D eigenvalue weighted by atomic mass is 10.7. The molecule has 0 radical (unpaired) electrons. The van der Waals surface area contributed by atoms with Crippen molar-refractivity contribution in [3.63, 3.8) is 0 Å². The summed E-state index contributed by atoms with van der Waals surface area (Å²) in [6.45, 7) is 3.52. The van der Waals surface area contributed by atoms with Crippen molar-refractivity contribution in [2.75, 3.05) is 13.3 Å². The van der Waals surface area contributed by atoms with Gasteiger partial charge in [-0.1, -0.05) is 12.7 Å². The van der Waals surface area contributed by atoms with Crippen LogP contribution in [0.3, 0.4) is 0 Å². The third kappa shape index (κ3) is 6.36. The maximum Gasteiger partial charge on any atom is 0.410 e. The number of carbonyl (C=O) groups excluding carboxylic acids is 2. The van der Waals surface area contributed by atoms with Crippen molar-refractivity contribution in [1.29, 1.82) is 0 Å². The fourth-order valence-corrected chi connectivity index (χ4v) is 0.320. The molecule has 1 amide bonds. The average Bonchev–Trinajstić information content (AvgIpc) is 2.01. The first-order valence-electron chi connectivity index (χ1n) is 2.88. The molecule has 0 aliphatic rings. The first-order chi connectivity index (χ1) is 5.31. The predicted molar refractivity (Wildman–Crippen MR) is 36.7 cm³/mol. The van der Waals surface area contributed by atoms with E-state index in [0.29, 0.717) is 0 Å². The van der Waals surface area contributed by atoms with Gasteiger partial charge >= 0.3 is 6.09 Å². The van der Waals surface area contributed by atoms with E-state index in [1.54, 1.807) is 0 Å². The normalized spacial score (nSPS) is 8.00. The number of hydrogen-bond donors (Lipinski definition) is 1. The summed E-state index contributed by atoms with van der Waals surface area (Å²) in [5.41, 5.74) is 0. The minimum absolute atomic E-state index is 0.132. The Morgan fingerprint density at radius 2 is 2.36 bits per heavy atom. The Morgan fingerprint density at radius 3 is 2.91 bits per heavy atom. The fraction of sp³-hybridized carbons (Fsp3) is 0.333. The van der Waals surface area contributed by atoms with Gasteiger partial charge in [-0.15, -0.1) is 0 Å². The lowest BCUT2D eigenvalue weighted by Crippen LogP contribution is -2.26. The zero-order valence-electron chi connectivity index (χ0n) is 5.91. The molecule has 0 bridgehead atoms. The van der Waals surface area contributed by atoms with E-state index in [1.165, 1.54) is 6.08 Å². The number of carbonyl (C=O) groups is 2. The highest BCUT2D eigenvalue weighted by Crippen LogP contribution is 1.76. The van der Waals surface area contributed by atoms with Crippen LogP contribution in [0.2, 0.25) is 0 Å². The molecule has 0 saturated heterocycles. The van der Waals surface area contributed by atoms with E-state index in [9.17, 15) is 9.59 Å². The van der Waals surface area contributed by atoms with Gasteiger partial charge in [0.15, 0.2) is 6.73 Å². The van der Waals surface area contributed by atoms with Crippen LogP contribution in [0.5, 0.6) is 0 Å². The van der Waals surface area contributed by atoms with Crippen LogP contribution in [0, 0.1) is 0 Å². The SMILES string of the molecule is C=CCOC(=O)NCOC=O. The van der Waals surface area contributed by atoms with Gasteiger partial charge in [0.25, 0.3) is 6.47 Å². The van der Waals surface area contributed by atoms with E-state index < -0.39 is 6.09 Å². The Bertz CT molecular complexity index is 146. The summed E-state index contributed by atoms with van der Waals surface area (Å²) in [5, 5.41) is 2.16. The highest BCUT2D eigenvalue weighted by molar-refractivity contribution is 5.67. The number of rotatable bonds is 5. The Hall–Kier alpha value is -1.52. The van der Waals surface area contributed by atoms with Crippen LogP contribution < -0.4 is 5.32 Å². The lowest BCUT2D eigenvalue weighted by molar-refractivity contribution is -0.129. The zero-order valence-corrected chi connectivity index (χ0v) is 5.91. The molecule has 5 nitrogen and oxygen atoms in total. The predicted octanol–water partition coefficient (Wildman–Crippen LogP) is 0.0291. The number of alkyl carbamates (subject to hydrolysis) is 1. The van der Waals surface area contributed by atoms with Crippen molar-refractivity contribution >= 4 is 12.6 Å². The first-order valence-corrected chi connectivity index (χ1v) is 2.88. The van der Waals surface area contributed by atoms with E-state index >= 15 is 0 Å². The molecule has 0 rings (SSSR count). The second kappa shape index (κ2) is 6.60. The van der Waals surface area contributed by atoms with Gasteiger partial charge in [-0.3, -0.25) is 10.1 Å². The number of nitrogens with one attached hydrogen (secondary N) is 1. The van der Waals surface area contributed by atoms with E-state index in [4.69, 9.17) is 0 Å². The first kappa shape index (κ1) is 9.48. The Balaban J connectivity index is 3.21. The molecule has 0 spiro atoms. The van der Waals surface area contributed by atoms with Crippen molar-refractivity contribution in [2.24, 2.45) is 0 Å². The minimum atomic E-state index is -0.647. The van der Waals surface area contributed by atoms with Gasteiger partial charge in [0.2, 0.25) is 0 Å². The molecule has 0 aromatic carbocycles. The van der Waals surface area contributed by atoms with Gasteiger partial charge < -0.3 is 9.47 Å². The number of hydrogen-bond acceptors (Lipinski definition) is 4. The molecule has 0 aliphatic heterocycles. The van der Waals surface area contributed by atoms with Crippen LogP contribution in [0.25, 0.3) is 0 Å². The fourth-order valence-electron chi connectivity index (χ4n) is 0.320. The molecule has 0 aliphatic carbocycles.